The number of nitrogens with zero attached hydrogens (tertiary/aromatic N) is 3. The number of aromatic nitrogens is 1. The van der Waals surface area contributed by atoms with Gasteiger partial charge in [0.1, 0.15) is 11.5 Å². The summed E-state index contributed by atoms with van der Waals surface area (Å²) in [5.74, 6) is 0.369. The molecule has 0 saturated heterocycles. The largest absolute Gasteiger partial charge is 0.513 e. The molecule has 1 aromatic heterocycles. The van der Waals surface area contributed by atoms with Crippen LogP contribution in [0.2, 0.25) is 0 Å². The van der Waals surface area contributed by atoms with E-state index in [2.05, 4.69) is 19.2 Å². The molecule has 0 amide bonds. The van der Waals surface area contributed by atoms with Crippen molar-refractivity contribution in [1.82, 2.24) is 4.98 Å². The van der Waals surface area contributed by atoms with Gasteiger partial charge in [-0.1, -0.05) is 6.07 Å². The molecule has 3 rings (SSSR count). The van der Waals surface area contributed by atoms with Crippen molar-refractivity contribution in [1.29, 1.82) is 0 Å². The van der Waals surface area contributed by atoms with Crippen molar-refractivity contribution in [2.24, 2.45) is 0 Å². The van der Waals surface area contributed by atoms with Crippen molar-refractivity contribution >= 4 is 34.6 Å². The molecule has 3 aromatic rings. The number of nitro groups is 2. The first-order valence-corrected chi connectivity index (χ1v) is 9.52. The zero-order valence-electron chi connectivity index (χ0n) is 18.3. The zero-order chi connectivity index (χ0) is 26.6. The molecular weight excluding hydrogens is 490 g/mol. The maximum absolute atomic E-state index is 10.6. The molecule has 0 aliphatic carbocycles. The lowest BCUT2D eigenvalue weighted by molar-refractivity contribution is -0.385. The van der Waals surface area contributed by atoms with Crippen molar-refractivity contribution in [3.8, 4) is 11.5 Å². The van der Waals surface area contributed by atoms with Crippen LogP contribution in [-0.4, -0.2) is 45.7 Å². The molecular formula is C21H20ClN3O10. The molecule has 186 valence electrons. The van der Waals surface area contributed by atoms with Crippen LogP contribution < -0.4 is 9.47 Å². The molecule has 14 heteroatoms. The normalized spacial score (nSPS) is 8.69. The summed E-state index contributed by atoms with van der Waals surface area (Å²) in [5, 5.41) is 27.5. The maximum Gasteiger partial charge on any atom is 0.513 e. The first kappa shape index (κ1) is 30.4. The molecule has 0 aliphatic heterocycles. The van der Waals surface area contributed by atoms with Gasteiger partial charge >= 0.3 is 11.6 Å². The van der Waals surface area contributed by atoms with E-state index in [0.717, 1.165) is 7.11 Å². The predicted molar refractivity (Wildman–Crippen MR) is 123 cm³/mol. The maximum atomic E-state index is 10.6. The molecule has 13 nitrogen and oxygen atoms in total. The molecule has 0 spiro atoms. The van der Waals surface area contributed by atoms with Gasteiger partial charge in [0.25, 0.3) is 11.4 Å². The number of pyridine rings is 1. The number of hydrogen-bond donors (Lipinski definition) is 1. The fourth-order valence-corrected chi connectivity index (χ4v) is 1.90. The van der Waals surface area contributed by atoms with E-state index in [1.807, 2.05) is 18.2 Å². The lowest BCUT2D eigenvalue weighted by atomic mass is 10.3. The fraction of sp³-hybridized carbons (Fsp3) is 0.0952. The Labute approximate surface area is 203 Å². The average molecular weight is 510 g/mol. The smallest absolute Gasteiger partial charge is 0.437 e. The van der Waals surface area contributed by atoms with Crippen molar-refractivity contribution in [2.45, 2.75) is 0 Å². The number of carbonyl (C=O) groups is 2. The van der Waals surface area contributed by atoms with E-state index in [-0.39, 0.29) is 22.9 Å². The Balaban J connectivity index is 0.000000508. The van der Waals surface area contributed by atoms with Gasteiger partial charge in [-0.15, -0.1) is 0 Å². The zero-order valence-corrected chi connectivity index (χ0v) is 19.1. The van der Waals surface area contributed by atoms with E-state index in [9.17, 15) is 29.8 Å². The fourth-order valence-electron chi connectivity index (χ4n) is 1.81. The van der Waals surface area contributed by atoms with Gasteiger partial charge in [-0.2, -0.15) is 0 Å². The van der Waals surface area contributed by atoms with Gasteiger partial charge in [0.15, 0.2) is 0 Å². The quantitative estimate of drug-likeness (QED) is 0.168. The van der Waals surface area contributed by atoms with E-state index >= 15 is 0 Å². The summed E-state index contributed by atoms with van der Waals surface area (Å²) >= 11 is 4.92. The van der Waals surface area contributed by atoms with Crippen LogP contribution in [0.15, 0.2) is 79.1 Å². The molecule has 0 radical (unpaired) electrons. The lowest BCUT2D eigenvalue weighted by Gasteiger charge is -2.00. The summed E-state index contributed by atoms with van der Waals surface area (Å²) in [6, 6.07) is 15.8. The highest BCUT2D eigenvalue weighted by Crippen LogP contribution is 2.18. The second kappa shape index (κ2) is 17.9. The molecule has 0 unspecified atom stereocenters. The number of rotatable bonds is 4. The van der Waals surface area contributed by atoms with Crippen LogP contribution in [0.25, 0.3) is 0 Å². The van der Waals surface area contributed by atoms with Gasteiger partial charge in [0.2, 0.25) is 0 Å². The summed E-state index contributed by atoms with van der Waals surface area (Å²) in [7, 11) is 2.17. The van der Waals surface area contributed by atoms with Crippen molar-refractivity contribution in [3.63, 3.8) is 0 Å². The Kier molecular flexibility index (Phi) is 15.5. The van der Waals surface area contributed by atoms with E-state index in [4.69, 9.17) is 16.7 Å². The highest BCUT2D eigenvalue weighted by Gasteiger charge is 2.07. The van der Waals surface area contributed by atoms with Gasteiger partial charge < -0.3 is 19.3 Å². The number of aliphatic hydroxyl groups is 1. The Hall–Kier alpha value is -4.62. The Morgan fingerprint density at radius 3 is 1.46 bits per heavy atom. The summed E-state index contributed by atoms with van der Waals surface area (Å²) in [5.41, 5.74) is -1.12. The summed E-state index contributed by atoms with van der Waals surface area (Å²) in [6.07, 6.45) is 2.64. The molecule has 2 aromatic carbocycles. The third-order valence-corrected chi connectivity index (χ3v) is 3.30. The Morgan fingerprint density at radius 2 is 1.20 bits per heavy atom. The van der Waals surface area contributed by atoms with E-state index in [1.165, 1.54) is 55.6 Å². The summed E-state index contributed by atoms with van der Waals surface area (Å²) < 4.78 is 13.3. The lowest BCUT2D eigenvalue weighted by Crippen LogP contribution is -2.06. The third kappa shape index (κ3) is 14.2. The number of non-ortho nitro benzene ring substituents is 2. The van der Waals surface area contributed by atoms with Crippen LogP contribution in [-0.2, 0) is 4.74 Å². The van der Waals surface area contributed by atoms with Gasteiger partial charge in [-0.05, 0) is 36.4 Å². The summed E-state index contributed by atoms with van der Waals surface area (Å²) in [4.78, 5) is 44.0. The third-order valence-electron chi connectivity index (χ3n) is 3.23. The van der Waals surface area contributed by atoms with Crippen molar-refractivity contribution in [3.05, 3.63) is 99.4 Å². The molecule has 0 saturated carbocycles. The minimum Gasteiger partial charge on any atom is -0.437 e. The van der Waals surface area contributed by atoms with Crippen LogP contribution in [0, 0.1) is 20.2 Å². The summed E-state index contributed by atoms with van der Waals surface area (Å²) in [6.45, 7) is 0. The molecule has 1 heterocycles. The molecule has 0 bridgehead atoms. The van der Waals surface area contributed by atoms with Crippen molar-refractivity contribution in [2.75, 3.05) is 14.2 Å². The average Bonchev–Trinajstić information content (AvgIpc) is 2.87. The predicted octanol–water partition coefficient (Wildman–Crippen LogP) is 4.76. The van der Waals surface area contributed by atoms with Gasteiger partial charge in [-0.3, -0.25) is 25.2 Å². The number of nitro benzene ring substituents is 2. The topological polar surface area (TPSA) is 181 Å². The van der Waals surface area contributed by atoms with E-state index < -0.39 is 21.4 Å². The van der Waals surface area contributed by atoms with Crippen LogP contribution in [0.4, 0.5) is 21.0 Å². The number of hydrogen-bond acceptors (Lipinski definition) is 11. The highest BCUT2D eigenvalue weighted by atomic mass is 35.5. The minimum atomic E-state index is -0.978. The number of methoxy groups -OCH3 is 1. The number of carbonyl (C=O) groups excluding carboxylic acids is 2. The number of ether oxygens (including phenoxy) is 3. The van der Waals surface area contributed by atoms with Crippen LogP contribution in [0.1, 0.15) is 0 Å². The van der Waals surface area contributed by atoms with Gasteiger partial charge in [0.05, 0.1) is 17.0 Å². The monoisotopic (exact) mass is 509 g/mol. The van der Waals surface area contributed by atoms with E-state index in [0.29, 0.717) is 0 Å². The second-order valence-corrected chi connectivity index (χ2v) is 5.73. The van der Waals surface area contributed by atoms with Gasteiger partial charge in [0, 0.05) is 55.4 Å². The van der Waals surface area contributed by atoms with Crippen molar-refractivity contribution < 1.29 is 38.8 Å². The van der Waals surface area contributed by atoms with E-state index in [1.54, 1.807) is 12.4 Å². The molecule has 0 aliphatic rings. The Morgan fingerprint density at radius 1 is 0.800 bits per heavy atom. The Bertz CT molecular complexity index is 1020. The van der Waals surface area contributed by atoms with Crippen LogP contribution in [0.3, 0.4) is 0 Å². The molecule has 35 heavy (non-hydrogen) atoms. The first-order valence-electron chi connectivity index (χ1n) is 9.14. The molecule has 0 fully saturated rings. The molecule has 1 N–H and O–H groups in total. The number of benzene rings is 2. The number of aliphatic hydroxyl groups excluding tert-OH is 1. The first-order chi connectivity index (χ1) is 16.7. The molecule has 0 atom stereocenters. The SMILES string of the molecule is CO.COC(=O)Oc1ccc([N+](=O)[O-])cc1.O=C(Cl)Oc1ccc([N+](=O)[O-])cc1.c1ccncc1. The second-order valence-electron chi connectivity index (χ2n) is 5.42. The minimum absolute atomic E-state index is 0.0674. The highest BCUT2D eigenvalue weighted by molar-refractivity contribution is 6.61. The van der Waals surface area contributed by atoms with Gasteiger partial charge in [-0.25, -0.2) is 9.59 Å². The standard InChI is InChI=1S/C8H7NO5.C7H4ClNO4.C5H5N.CH4O/c1-13-8(10)14-7-4-2-6(3-5-7)9(11)12;8-7(10)13-6-3-1-5(2-4-6)9(11)12;1-2-4-6-5-3-1;1-2/h2-5H,1H3;1-4H;1-5H;2H,1H3. The number of halogens is 1. The van der Waals surface area contributed by atoms with Crippen LogP contribution in [0.5, 0.6) is 11.5 Å². The van der Waals surface area contributed by atoms with Crippen LogP contribution >= 0.6 is 11.6 Å².